The Morgan fingerprint density at radius 3 is 2.75 bits per heavy atom. The Labute approximate surface area is 114 Å². The fourth-order valence-electron chi connectivity index (χ4n) is 2.09. The molecule has 110 valence electrons. The van der Waals surface area contributed by atoms with Crippen molar-refractivity contribution in [1.82, 2.24) is 5.32 Å². The second-order valence-corrected chi connectivity index (χ2v) is 4.58. The van der Waals surface area contributed by atoms with Gasteiger partial charge in [0.25, 0.3) is 0 Å². The minimum atomic E-state index is -4.78. The van der Waals surface area contributed by atoms with Gasteiger partial charge in [-0.2, -0.15) is 0 Å². The van der Waals surface area contributed by atoms with Gasteiger partial charge in [0, 0.05) is 6.54 Å². The molecule has 0 aromatic heterocycles. The number of nitrogens with one attached hydrogen (secondary N) is 2. The van der Waals surface area contributed by atoms with Crippen LogP contribution in [-0.4, -0.2) is 25.4 Å². The minimum Gasteiger partial charge on any atom is -0.404 e. The first kappa shape index (κ1) is 14.6. The number of hydrogen-bond donors (Lipinski definition) is 2. The molecule has 1 saturated heterocycles. The van der Waals surface area contributed by atoms with Crippen molar-refractivity contribution in [2.75, 3.05) is 18.4 Å². The molecule has 20 heavy (non-hydrogen) atoms. The zero-order valence-electron chi connectivity index (χ0n) is 10.7. The van der Waals surface area contributed by atoms with Crippen LogP contribution in [0.3, 0.4) is 0 Å². The van der Waals surface area contributed by atoms with Gasteiger partial charge in [0.2, 0.25) is 5.91 Å². The van der Waals surface area contributed by atoms with Gasteiger partial charge in [-0.3, -0.25) is 4.79 Å². The fraction of sp³-hybridized carbons (Fsp3) is 0.462. The van der Waals surface area contributed by atoms with E-state index in [-0.39, 0.29) is 17.5 Å². The number of benzene rings is 1. The van der Waals surface area contributed by atoms with Crippen LogP contribution in [0.15, 0.2) is 24.3 Å². The van der Waals surface area contributed by atoms with E-state index in [9.17, 15) is 18.0 Å². The van der Waals surface area contributed by atoms with Gasteiger partial charge >= 0.3 is 6.36 Å². The average Bonchev–Trinajstić information content (AvgIpc) is 2.40. The van der Waals surface area contributed by atoms with Crippen LogP contribution >= 0.6 is 0 Å². The fourth-order valence-corrected chi connectivity index (χ4v) is 2.09. The molecular formula is C13H15F3N2O2. The molecule has 2 N–H and O–H groups in total. The van der Waals surface area contributed by atoms with Crippen molar-refractivity contribution in [2.24, 2.45) is 5.92 Å². The summed E-state index contributed by atoms with van der Waals surface area (Å²) in [7, 11) is 0. The summed E-state index contributed by atoms with van der Waals surface area (Å²) in [5.41, 5.74) is 0.0281. The highest BCUT2D eigenvalue weighted by molar-refractivity contribution is 5.94. The molecule has 1 fully saturated rings. The summed E-state index contributed by atoms with van der Waals surface area (Å²) in [6.07, 6.45) is -3.19. The van der Waals surface area contributed by atoms with E-state index in [1.807, 2.05) is 0 Å². The van der Waals surface area contributed by atoms with Gasteiger partial charge in [-0.05, 0) is 31.5 Å². The van der Waals surface area contributed by atoms with Gasteiger partial charge in [-0.1, -0.05) is 12.1 Å². The number of anilines is 1. The normalized spacial score (nSPS) is 19.4. The summed E-state index contributed by atoms with van der Waals surface area (Å²) < 4.78 is 40.7. The van der Waals surface area contributed by atoms with Gasteiger partial charge in [-0.25, -0.2) is 0 Å². The largest absolute Gasteiger partial charge is 0.573 e. The average molecular weight is 288 g/mol. The van der Waals surface area contributed by atoms with Gasteiger partial charge in [0.1, 0.15) is 0 Å². The Morgan fingerprint density at radius 2 is 2.10 bits per heavy atom. The summed E-state index contributed by atoms with van der Waals surface area (Å²) in [6, 6.07) is 5.51. The smallest absolute Gasteiger partial charge is 0.404 e. The molecule has 1 atom stereocenters. The Morgan fingerprint density at radius 1 is 1.35 bits per heavy atom. The third-order valence-corrected chi connectivity index (χ3v) is 3.04. The lowest BCUT2D eigenvalue weighted by molar-refractivity contribution is -0.274. The summed E-state index contributed by atoms with van der Waals surface area (Å²) in [6.45, 7) is 1.39. The number of para-hydroxylation sites is 2. The molecule has 0 bridgehead atoms. The number of carbonyl (C=O) groups is 1. The molecule has 4 nitrogen and oxygen atoms in total. The molecule has 1 aliphatic rings. The molecule has 1 heterocycles. The molecule has 2 rings (SSSR count). The molecule has 0 spiro atoms. The van der Waals surface area contributed by atoms with Crippen molar-refractivity contribution < 1.29 is 22.7 Å². The quantitative estimate of drug-likeness (QED) is 0.898. The van der Waals surface area contributed by atoms with E-state index in [0.29, 0.717) is 6.54 Å². The second-order valence-electron chi connectivity index (χ2n) is 4.58. The zero-order valence-corrected chi connectivity index (χ0v) is 10.7. The molecule has 1 aliphatic heterocycles. The lowest BCUT2D eigenvalue weighted by atomic mass is 9.99. The Balaban J connectivity index is 2.06. The predicted molar refractivity (Wildman–Crippen MR) is 67.3 cm³/mol. The summed E-state index contributed by atoms with van der Waals surface area (Å²) >= 11 is 0. The SMILES string of the molecule is O=C(Nc1ccccc1OC(F)(F)F)[C@H]1CCCNC1. The number of alkyl halides is 3. The Bertz CT molecular complexity index is 471. The van der Waals surface area contributed by atoms with E-state index in [2.05, 4.69) is 15.4 Å². The van der Waals surface area contributed by atoms with Crippen LogP contribution in [-0.2, 0) is 4.79 Å². The molecular weight excluding hydrogens is 273 g/mol. The first-order valence-electron chi connectivity index (χ1n) is 6.32. The van der Waals surface area contributed by atoms with Crippen LogP contribution in [0.4, 0.5) is 18.9 Å². The van der Waals surface area contributed by atoms with Crippen LogP contribution in [0, 0.1) is 5.92 Å². The van der Waals surface area contributed by atoms with E-state index in [4.69, 9.17) is 0 Å². The van der Waals surface area contributed by atoms with E-state index in [1.165, 1.54) is 24.3 Å². The van der Waals surface area contributed by atoms with Crippen LogP contribution in [0.1, 0.15) is 12.8 Å². The number of hydrogen-bond acceptors (Lipinski definition) is 3. The number of carbonyl (C=O) groups excluding carboxylic acids is 1. The lowest BCUT2D eigenvalue weighted by Gasteiger charge is -2.22. The molecule has 0 saturated carbocycles. The molecule has 0 aliphatic carbocycles. The van der Waals surface area contributed by atoms with Gasteiger partial charge < -0.3 is 15.4 Å². The molecule has 7 heteroatoms. The highest BCUT2D eigenvalue weighted by Crippen LogP contribution is 2.30. The molecule has 1 amide bonds. The number of amides is 1. The van der Waals surface area contributed by atoms with E-state index in [0.717, 1.165) is 19.4 Å². The van der Waals surface area contributed by atoms with Gasteiger partial charge in [0.05, 0.1) is 11.6 Å². The monoisotopic (exact) mass is 288 g/mol. The highest BCUT2D eigenvalue weighted by atomic mass is 19.4. The second kappa shape index (κ2) is 6.13. The maximum atomic E-state index is 12.3. The first-order valence-corrected chi connectivity index (χ1v) is 6.32. The zero-order chi connectivity index (χ0) is 14.6. The third kappa shape index (κ3) is 4.12. The molecule has 0 radical (unpaired) electrons. The van der Waals surface area contributed by atoms with Crippen molar-refractivity contribution in [3.8, 4) is 5.75 Å². The highest BCUT2D eigenvalue weighted by Gasteiger charge is 2.32. The van der Waals surface area contributed by atoms with Crippen LogP contribution in [0.2, 0.25) is 0 Å². The lowest BCUT2D eigenvalue weighted by Crippen LogP contribution is -2.37. The van der Waals surface area contributed by atoms with E-state index < -0.39 is 12.1 Å². The van der Waals surface area contributed by atoms with Crippen molar-refractivity contribution in [3.63, 3.8) is 0 Å². The molecule has 1 aromatic carbocycles. The van der Waals surface area contributed by atoms with Crippen molar-refractivity contribution in [1.29, 1.82) is 0 Å². The van der Waals surface area contributed by atoms with Gasteiger partial charge in [0.15, 0.2) is 5.75 Å². The summed E-state index contributed by atoms with van der Waals surface area (Å²) in [5.74, 6) is -0.935. The maximum Gasteiger partial charge on any atom is 0.573 e. The Kier molecular flexibility index (Phi) is 4.49. The number of piperidine rings is 1. The van der Waals surface area contributed by atoms with Crippen LogP contribution in [0.25, 0.3) is 0 Å². The standard InChI is InChI=1S/C13H15F3N2O2/c14-13(15,16)20-11-6-2-1-5-10(11)18-12(19)9-4-3-7-17-8-9/h1-2,5-6,9,17H,3-4,7-8H2,(H,18,19)/t9-/m0/s1. The van der Waals surface area contributed by atoms with Crippen molar-refractivity contribution in [2.45, 2.75) is 19.2 Å². The van der Waals surface area contributed by atoms with Crippen molar-refractivity contribution >= 4 is 11.6 Å². The molecule has 1 aromatic rings. The number of halogens is 3. The van der Waals surface area contributed by atoms with E-state index >= 15 is 0 Å². The van der Waals surface area contributed by atoms with E-state index in [1.54, 1.807) is 0 Å². The Hall–Kier alpha value is -1.76. The number of ether oxygens (including phenoxy) is 1. The topological polar surface area (TPSA) is 50.4 Å². The number of rotatable bonds is 3. The van der Waals surface area contributed by atoms with Gasteiger partial charge in [-0.15, -0.1) is 13.2 Å². The summed E-state index contributed by atoms with van der Waals surface area (Å²) in [4.78, 5) is 12.0. The van der Waals surface area contributed by atoms with Crippen molar-refractivity contribution in [3.05, 3.63) is 24.3 Å². The van der Waals surface area contributed by atoms with Crippen LogP contribution < -0.4 is 15.4 Å². The maximum absolute atomic E-state index is 12.3. The predicted octanol–water partition coefficient (Wildman–Crippen LogP) is 2.52. The van der Waals surface area contributed by atoms with Crippen LogP contribution in [0.5, 0.6) is 5.75 Å². The molecule has 0 unspecified atom stereocenters. The first-order chi connectivity index (χ1) is 9.46. The minimum absolute atomic E-state index is 0.0281. The third-order valence-electron chi connectivity index (χ3n) is 3.04. The summed E-state index contributed by atoms with van der Waals surface area (Å²) in [5, 5.41) is 5.58.